The Morgan fingerprint density at radius 3 is 2.68 bits per heavy atom. The largest absolute Gasteiger partial charge is 0.314 e. The topological polar surface area (TPSA) is 18.5 Å². The van der Waals surface area contributed by atoms with Crippen molar-refractivity contribution in [2.45, 2.75) is 12.6 Å². The van der Waals surface area contributed by atoms with Crippen molar-refractivity contribution < 1.29 is 0 Å². The van der Waals surface area contributed by atoms with E-state index in [0.717, 1.165) is 35.2 Å². The Hall–Kier alpha value is -0.130. The minimum Gasteiger partial charge on any atom is -0.314 e. The summed E-state index contributed by atoms with van der Waals surface area (Å²) in [4.78, 5) is 5.12. The number of hydrogen-bond donors (Lipinski definition) is 1. The monoisotopic (exact) mass is 343 g/mol. The summed E-state index contributed by atoms with van der Waals surface area (Å²) in [5.74, 6) is 0. The molecule has 0 aromatic heterocycles. The quantitative estimate of drug-likeness (QED) is 0.907. The van der Waals surface area contributed by atoms with Crippen LogP contribution in [0, 0.1) is 0 Å². The summed E-state index contributed by atoms with van der Waals surface area (Å²) in [7, 11) is 0. The third-order valence-corrected chi connectivity index (χ3v) is 5.21. The van der Waals surface area contributed by atoms with Crippen LogP contribution in [-0.2, 0) is 6.54 Å². The molecule has 0 atom stereocenters. The van der Waals surface area contributed by atoms with Crippen LogP contribution >= 0.6 is 27.5 Å². The van der Waals surface area contributed by atoms with E-state index in [1.54, 1.807) is 0 Å². The van der Waals surface area contributed by atoms with Crippen LogP contribution in [0.1, 0.15) is 5.56 Å². The van der Waals surface area contributed by atoms with Gasteiger partial charge in [-0.3, -0.25) is 9.80 Å². The molecule has 1 aromatic rings. The van der Waals surface area contributed by atoms with Gasteiger partial charge in [0.2, 0.25) is 0 Å². The second-order valence-corrected chi connectivity index (χ2v) is 6.64. The number of nitrogens with zero attached hydrogens (tertiary/aromatic N) is 2. The Morgan fingerprint density at radius 1 is 1.26 bits per heavy atom. The van der Waals surface area contributed by atoms with E-state index in [1.165, 1.54) is 31.7 Å². The lowest BCUT2D eigenvalue weighted by atomic mass is 10.0. The van der Waals surface area contributed by atoms with Gasteiger partial charge in [-0.15, -0.1) is 0 Å². The van der Waals surface area contributed by atoms with Crippen LogP contribution in [0.25, 0.3) is 0 Å². The third-order valence-electron chi connectivity index (χ3n) is 4.00. The number of halogens is 2. The Balaban J connectivity index is 1.49. The van der Waals surface area contributed by atoms with Crippen molar-refractivity contribution in [3.63, 3.8) is 0 Å². The van der Waals surface area contributed by atoms with E-state index in [2.05, 4.69) is 43.2 Å². The number of benzene rings is 1. The number of rotatable bonds is 3. The van der Waals surface area contributed by atoms with E-state index >= 15 is 0 Å². The lowest BCUT2D eigenvalue weighted by molar-refractivity contribution is 0.0223. The van der Waals surface area contributed by atoms with Crippen molar-refractivity contribution in [2.75, 3.05) is 39.3 Å². The molecule has 0 spiro atoms. The first-order valence-corrected chi connectivity index (χ1v) is 8.00. The lowest BCUT2D eigenvalue weighted by Gasteiger charge is -2.47. The third kappa shape index (κ3) is 3.31. The molecule has 3 nitrogen and oxygen atoms in total. The van der Waals surface area contributed by atoms with Crippen molar-refractivity contribution in [1.29, 1.82) is 0 Å². The van der Waals surface area contributed by atoms with Gasteiger partial charge in [0.1, 0.15) is 0 Å². The van der Waals surface area contributed by atoms with Gasteiger partial charge in [-0.05, 0) is 33.6 Å². The number of nitrogens with one attached hydrogen (secondary N) is 1. The van der Waals surface area contributed by atoms with Gasteiger partial charge in [0.25, 0.3) is 0 Å². The molecule has 2 aliphatic rings. The molecule has 0 radical (unpaired) electrons. The fourth-order valence-electron chi connectivity index (χ4n) is 2.85. The molecule has 0 saturated carbocycles. The van der Waals surface area contributed by atoms with E-state index in [1.807, 2.05) is 6.07 Å². The van der Waals surface area contributed by atoms with Gasteiger partial charge in [0.15, 0.2) is 0 Å². The second kappa shape index (κ2) is 6.10. The summed E-state index contributed by atoms with van der Waals surface area (Å²) in [5.41, 5.74) is 1.33. The van der Waals surface area contributed by atoms with Crippen LogP contribution in [0.5, 0.6) is 0 Å². The molecule has 3 rings (SSSR count). The summed E-state index contributed by atoms with van der Waals surface area (Å²) in [5, 5.41) is 4.19. The Labute approximate surface area is 128 Å². The highest BCUT2D eigenvalue weighted by molar-refractivity contribution is 9.10. The fourth-order valence-corrected chi connectivity index (χ4v) is 3.39. The highest BCUT2D eigenvalue weighted by Gasteiger charge is 2.31. The van der Waals surface area contributed by atoms with Gasteiger partial charge in [-0.2, -0.15) is 0 Å². The Morgan fingerprint density at radius 2 is 2.00 bits per heavy atom. The maximum Gasteiger partial charge on any atom is 0.0548 e. The summed E-state index contributed by atoms with van der Waals surface area (Å²) in [6, 6.07) is 6.97. The van der Waals surface area contributed by atoms with E-state index in [0.29, 0.717) is 0 Å². The zero-order valence-electron chi connectivity index (χ0n) is 10.9. The average Bonchev–Trinajstić information content (AvgIpc) is 2.38. The standard InChI is InChI=1S/C14H19BrClN3/c15-13-7-11(1-2-14(13)16)8-18-9-12(10-18)19-5-3-17-4-6-19/h1-2,7,12,17H,3-6,8-10H2. The normalized spacial score (nSPS) is 22.4. The van der Waals surface area contributed by atoms with Crippen LogP contribution in [0.15, 0.2) is 22.7 Å². The highest BCUT2D eigenvalue weighted by Crippen LogP contribution is 2.25. The second-order valence-electron chi connectivity index (χ2n) is 5.38. The smallest absolute Gasteiger partial charge is 0.0548 e. The zero-order chi connectivity index (χ0) is 13.2. The molecule has 2 aliphatic heterocycles. The molecule has 19 heavy (non-hydrogen) atoms. The van der Waals surface area contributed by atoms with Gasteiger partial charge >= 0.3 is 0 Å². The van der Waals surface area contributed by atoms with Crippen molar-refractivity contribution in [2.24, 2.45) is 0 Å². The van der Waals surface area contributed by atoms with Crippen LogP contribution in [-0.4, -0.2) is 55.1 Å². The van der Waals surface area contributed by atoms with Gasteiger partial charge in [0.05, 0.1) is 5.02 Å². The number of hydrogen-bond acceptors (Lipinski definition) is 3. The molecule has 1 N–H and O–H groups in total. The van der Waals surface area contributed by atoms with Crippen LogP contribution in [0.2, 0.25) is 5.02 Å². The molecule has 104 valence electrons. The SMILES string of the molecule is Clc1ccc(CN2CC(N3CCNCC3)C2)cc1Br. The molecule has 1 aromatic carbocycles. The van der Waals surface area contributed by atoms with Gasteiger partial charge < -0.3 is 5.32 Å². The van der Waals surface area contributed by atoms with Gasteiger partial charge in [-0.25, -0.2) is 0 Å². The van der Waals surface area contributed by atoms with E-state index in [4.69, 9.17) is 11.6 Å². The first kappa shape index (κ1) is 13.8. The van der Waals surface area contributed by atoms with Crippen molar-refractivity contribution in [1.82, 2.24) is 15.1 Å². The maximum absolute atomic E-state index is 6.02. The Kier molecular flexibility index (Phi) is 4.44. The molecular weight excluding hydrogens is 326 g/mol. The first-order chi connectivity index (χ1) is 9.22. The molecule has 0 amide bonds. The van der Waals surface area contributed by atoms with Crippen LogP contribution in [0.3, 0.4) is 0 Å². The molecule has 0 bridgehead atoms. The minimum absolute atomic E-state index is 0.762. The van der Waals surface area contributed by atoms with Crippen molar-refractivity contribution in [3.8, 4) is 0 Å². The summed E-state index contributed by atoms with van der Waals surface area (Å²) >= 11 is 9.50. The molecule has 0 unspecified atom stereocenters. The summed E-state index contributed by atoms with van der Waals surface area (Å²) in [6.45, 7) is 8.09. The maximum atomic E-state index is 6.02. The fraction of sp³-hybridized carbons (Fsp3) is 0.571. The molecule has 2 saturated heterocycles. The van der Waals surface area contributed by atoms with E-state index in [-0.39, 0.29) is 0 Å². The summed E-state index contributed by atoms with van der Waals surface area (Å²) < 4.78 is 0.992. The predicted octanol–water partition coefficient (Wildman–Crippen LogP) is 2.19. The zero-order valence-corrected chi connectivity index (χ0v) is 13.3. The lowest BCUT2D eigenvalue weighted by Crippen LogP contribution is -2.62. The van der Waals surface area contributed by atoms with Crippen LogP contribution in [0.4, 0.5) is 0 Å². The van der Waals surface area contributed by atoms with E-state index in [9.17, 15) is 0 Å². The average molecular weight is 345 g/mol. The highest BCUT2D eigenvalue weighted by atomic mass is 79.9. The van der Waals surface area contributed by atoms with Crippen molar-refractivity contribution in [3.05, 3.63) is 33.3 Å². The van der Waals surface area contributed by atoms with Crippen molar-refractivity contribution >= 4 is 27.5 Å². The first-order valence-electron chi connectivity index (χ1n) is 6.83. The molecule has 2 heterocycles. The minimum atomic E-state index is 0.762. The molecule has 5 heteroatoms. The van der Waals surface area contributed by atoms with E-state index < -0.39 is 0 Å². The van der Waals surface area contributed by atoms with Gasteiger partial charge in [0, 0.05) is 56.3 Å². The molecule has 2 fully saturated rings. The number of piperazine rings is 1. The molecular formula is C14H19BrClN3. The van der Waals surface area contributed by atoms with Gasteiger partial charge in [-0.1, -0.05) is 17.7 Å². The number of likely N-dealkylation sites (tertiary alicyclic amines) is 1. The Bertz CT molecular complexity index is 442. The predicted molar refractivity (Wildman–Crippen MR) is 82.7 cm³/mol. The summed E-state index contributed by atoms with van der Waals surface area (Å²) in [6.07, 6.45) is 0. The van der Waals surface area contributed by atoms with Crippen LogP contribution < -0.4 is 5.32 Å². The molecule has 0 aliphatic carbocycles.